The second kappa shape index (κ2) is 9.28. The van der Waals surface area contributed by atoms with Crippen LogP contribution in [0.4, 0.5) is 10.1 Å². The number of allylic oxidation sites excluding steroid dienone is 1. The van der Waals surface area contributed by atoms with E-state index in [1.807, 2.05) is 0 Å². The predicted octanol–water partition coefficient (Wildman–Crippen LogP) is 3.71. The summed E-state index contributed by atoms with van der Waals surface area (Å²) in [5, 5.41) is 2.71. The number of amides is 2. The smallest absolute Gasteiger partial charge is 0.292 e. The van der Waals surface area contributed by atoms with E-state index in [0.717, 1.165) is 19.3 Å². The summed E-state index contributed by atoms with van der Waals surface area (Å²) in [4.78, 5) is 26.5. The topological polar surface area (TPSA) is 67.9 Å². The Balaban J connectivity index is 1.42. The SMILES string of the molecule is CC1=C(C(=O)N2CCC(CCC(=O)Nc3ccc(F)c(Cl)c3)CC2)OCCO1. The molecule has 0 aliphatic carbocycles. The maximum absolute atomic E-state index is 13.2. The first-order chi connectivity index (χ1) is 13.4. The van der Waals surface area contributed by atoms with E-state index < -0.39 is 5.82 Å². The van der Waals surface area contributed by atoms with E-state index in [-0.39, 0.29) is 16.8 Å². The summed E-state index contributed by atoms with van der Waals surface area (Å²) in [5.74, 6) is 0.455. The number of halogens is 2. The van der Waals surface area contributed by atoms with Gasteiger partial charge >= 0.3 is 0 Å². The number of benzene rings is 1. The number of hydrogen-bond donors (Lipinski definition) is 1. The Labute approximate surface area is 168 Å². The highest BCUT2D eigenvalue weighted by atomic mass is 35.5. The van der Waals surface area contributed by atoms with Crippen LogP contribution in [-0.4, -0.2) is 43.0 Å². The molecule has 1 aromatic carbocycles. The molecular formula is C20H24ClFN2O4. The first-order valence-corrected chi connectivity index (χ1v) is 9.82. The average Bonchev–Trinajstić information content (AvgIpc) is 2.69. The molecule has 3 rings (SSSR count). The summed E-state index contributed by atoms with van der Waals surface area (Å²) < 4.78 is 24.0. The number of anilines is 1. The van der Waals surface area contributed by atoms with Crippen LogP contribution in [0.25, 0.3) is 0 Å². The number of carbonyl (C=O) groups excluding carboxylic acids is 2. The van der Waals surface area contributed by atoms with Gasteiger partial charge in [-0.3, -0.25) is 9.59 Å². The van der Waals surface area contributed by atoms with Crippen molar-refractivity contribution in [3.8, 4) is 0 Å². The molecule has 0 aromatic heterocycles. The van der Waals surface area contributed by atoms with Crippen molar-refractivity contribution < 1.29 is 23.5 Å². The molecule has 0 unspecified atom stereocenters. The van der Waals surface area contributed by atoms with E-state index in [2.05, 4.69) is 5.32 Å². The van der Waals surface area contributed by atoms with Crippen LogP contribution in [0.1, 0.15) is 32.6 Å². The van der Waals surface area contributed by atoms with Crippen LogP contribution in [0, 0.1) is 11.7 Å². The number of hydrogen-bond acceptors (Lipinski definition) is 4. The van der Waals surface area contributed by atoms with Crippen LogP contribution in [0.3, 0.4) is 0 Å². The zero-order valence-electron chi connectivity index (χ0n) is 15.8. The lowest BCUT2D eigenvalue weighted by molar-refractivity contribution is -0.134. The highest BCUT2D eigenvalue weighted by molar-refractivity contribution is 6.31. The average molecular weight is 411 g/mol. The molecule has 2 aliphatic heterocycles. The summed E-state index contributed by atoms with van der Waals surface area (Å²) >= 11 is 5.72. The second-order valence-corrected chi connectivity index (χ2v) is 7.44. The van der Waals surface area contributed by atoms with Crippen molar-refractivity contribution in [3.63, 3.8) is 0 Å². The van der Waals surface area contributed by atoms with Gasteiger partial charge in [-0.15, -0.1) is 0 Å². The Morgan fingerprint density at radius 3 is 2.64 bits per heavy atom. The zero-order valence-corrected chi connectivity index (χ0v) is 16.6. The molecule has 2 heterocycles. The molecule has 1 fully saturated rings. The number of nitrogens with zero attached hydrogens (tertiary/aromatic N) is 1. The molecule has 8 heteroatoms. The minimum Gasteiger partial charge on any atom is -0.491 e. The third kappa shape index (κ3) is 5.16. The van der Waals surface area contributed by atoms with Gasteiger partial charge in [-0.2, -0.15) is 0 Å². The molecule has 0 spiro atoms. The van der Waals surface area contributed by atoms with Crippen molar-refractivity contribution in [1.29, 1.82) is 0 Å². The summed E-state index contributed by atoms with van der Waals surface area (Å²) in [5.41, 5.74) is 0.482. The van der Waals surface area contributed by atoms with E-state index in [1.54, 1.807) is 11.8 Å². The van der Waals surface area contributed by atoms with Crippen LogP contribution < -0.4 is 5.32 Å². The van der Waals surface area contributed by atoms with Crippen LogP contribution in [0.2, 0.25) is 5.02 Å². The largest absolute Gasteiger partial charge is 0.491 e. The first-order valence-electron chi connectivity index (χ1n) is 9.44. The molecule has 1 saturated heterocycles. The Bertz CT molecular complexity index is 775. The van der Waals surface area contributed by atoms with Gasteiger partial charge in [0.05, 0.1) is 5.02 Å². The fraction of sp³-hybridized carbons (Fsp3) is 0.500. The highest BCUT2D eigenvalue weighted by Gasteiger charge is 2.29. The van der Waals surface area contributed by atoms with Gasteiger partial charge in [-0.05, 0) is 50.3 Å². The van der Waals surface area contributed by atoms with Gasteiger partial charge in [-0.1, -0.05) is 11.6 Å². The van der Waals surface area contributed by atoms with Crippen molar-refractivity contribution in [2.24, 2.45) is 5.92 Å². The van der Waals surface area contributed by atoms with Gasteiger partial charge in [-0.25, -0.2) is 4.39 Å². The molecule has 6 nitrogen and oxygen atoms in total. The van der Waals surface area contributed by atoms with Crippen molar-refractivity contribution in [2.75, 3.05) is 31.6 Å². The second-order valence-electron chi connectivity index (χ2n) is 7.03. The Morgan fingerprint density at radius 2 is 1.96 bits per heavy atom. The predicted molar refractivity (Wildman–Crippen MR) is 103 cm³/mol. The van der Waals surface area contributed by atoms with Crippen LogP contribution >= 0.6 is 11.6 Å². The molecule has 0 radical (unpaired) electrons. The third-order valence-electron chi connectivity index (χ3n) is 5.05. The van der Waals surface area contributed by atoms with Crippen molar-refractivity contribution in [3.05, 3.63) is 40.6 Å². The molecule has 0 saturated carbocycles. The zero-order chi connectivity index (χ0) is 20.1. The van der Waals surface area contributed by atoms with Gasteiger partial charge < -0.3 is 19.7 Å². The fourth-order valence-electron chi connectivity index (χ4n) is 3.42. The molecule has 1 aromatic rings. The van der Waals surface area contributed by atoms with Gasteiger partial charge in [0.1, 0.15) is 24.8 Å². The Kier molecular flexibility index (Phi) is 6.78. The van der Waals surface area contributed by atoms with Gasteiger partial charge in [0.2, 0.25) is 11.7 Å². The fourth-order valence-corrected chi connectivity index (χ4v) is 3.60. The lowest BCUT2D eigenvalue weighted by atomic mass is 9.92. The van der Waals surface area contributed by atoms with Crippen molar-refractivity contribution >= 4 is 29.1 Å². The number of piperidine rings is 1. The minimum absolute atomic E-state index is 0.0208. The quantitative estimate of drug-likeness (QED) is 0.803. The lowest BCUT2D eigenvalue weighted by Gasteiger charge is -2.33. The molecule has 28 heavy (non-hydrogen) atoms. The van der Waals surface area contributed by atoms with Gasteiger partial charge in [0.15, 0.2) is 0 Å². The molecular weight excluding hydrogens is 387 g/mol. The van der Waals surface area contributed by atoms with Gasteiger partial charge in [0.25, 0.3) is 5.91 Å². The summed E-state index contributed by atoms with van der Waals surface area (Å²) in [6.07, 6.45) is 2.79. The van der Waals surface area contributed by atoms with Crippen LogP contribution in [-0.2, 0) is 19.1 Å². The summed E-state index contributed by atoms with van der Waals surface area (Å²) in [6.45, 7) is 3.88. The number of carbonyl (C=O) groups is 2. The van der Waals surface area contributed by atoms with E-state index >= 15 is 0 Å². The number of rotatable bonds is 5. The molecule has 0 atom stereocenters. The molecule has 1 N–H and O–H groups in total. The maximum Gasteiger partial charge on any atom is 0.292 e. The summed E-state index contributed by atoms with van der Waals surface area (Å²) in [7, 11) is 0. The van der Waals surface area contributed by atoms with E-state index in [0.29, 0.717) is 55.8 Å². The standard InChI is InChI=1S/C20H24ClFN2O4/c1-13-19(28-11-10-27-13)20(26)24-8-6-14(7-9-24)2-5-18(25)23-15-3-4-17(22)16(21)12-15/h3-4,12,14H,2,5-11H2,1H3,(H,23,25). The lowest BCUT2D eigenvalue weighted by Crippen LogP contribution is -2.40. The molecule has 2 amide bonds. The van der Waals surface area contributed by atoms with E-state index in [4.69, 9.17) is 21.1 Å². The maximum atomic E-state index is 13.2. The van der Waals surface area contributed by atoms with E-state index in [9.17, 15) is 14.0 Å². The number of ether oxygens (including phenoxy) is 2. The van der Waals surface area contributed by atoms with Crippen LogP contribution in [0.15, 0.2) is 29.7 Å². The number of nitrogens with one attached hydrogen (secondary N) is 1. The van der Waals surface area contributed by atoms with Crippen molar-refractivity contribution in [1.82, 2.24) is 4.90 Å². The van der Waals surface area contributed by atoms with Gasteiger partial charge in [0, 0.05) is 25.2 Å². The van der Waals surface area contributed by atoms with E-state index in [1.165, 1.54) is 18.2 Å². The molecule has 152 valence electrons. The normalized spacial score (nSPS) is 17.8. The Morgan fingerprint density at radius 1 is 1.25 bits per heavy atom. The highest BCUT2D eigenvalue weighted by Crippen LogP contribution is 2.25. The summed E-state index contributed by atoms with van der Waals surface area (Å²) in [6, 6.07) is 4.10. The van der Waals surface area contributed by atoms with Crippen molar-refractivity contribution in [2.45, 2.75) is 32.6 Å². The third-order valence-corrected chi connectivity index (χ3v) is 5.34. The Hall–Kier alpha value is -2.28. The first kappa shape index (κ1) is 20.5. The molecule has 2 aliphatic rings. The molecule has 0 bridgehead atoms. The van der Waals surface area contributed by atoms with Crippen LogP contribution in [0.5, 0.6) is 0 Å². The number of likely N-dealkylation sites (tertiary alicyclic amines) is 1. The minimum atomic E-state index is -0.517. The monoisotopic (exact) mass is 410 g/mol.